The molecule has 0 aliphatic heterocycles. The molecule has 0 aliphatic rings. The largest absolute Gasteiger partial charge is 0.484 e. The molecule has 138 valence electrons. The minimum atomic E-state index is -0.992. The van der Waals surface area contributed by atoms with E-state index in [4.69, 9.17) is 20.9 Å². The summed E-state index contributed by atoms with van der Waals surface area (Å²) >= 11 is 6.28. The van der Waals surface area contributed by atoms with Gasteiger partial charge in [-0.15, -0.1) is 0 Å². The van der Waals surface area contributed by atoms with Gasteiger partial charge in [0.25, 0.3) is 0 Å². The van der Waals surface area contributed by atoms with E-state index < -0.39 is 12.0 Å². The number of amides is 1. The molecule has 7 nitrogen and oxygen atoms in total. The lowest BCUT2D eigenvalue weighted by Crippen LogP contribution is -2.33. The van der Waals surface area contributed by atoms with Crippen LogP contribution in [0.4, 0.5) is 0 Å². The average Bonchev–Trinajstić information content (AvgIpc) is 3.22. The van der Waals surface area contributed by atoms with Crippen LogP contribution in [-0.2, 0) is 17.9 Å². The number of rotatable bonds is 7. The van der Waals surface area contributed by atoms with E-state index in [1.165, 1.54) is 0 Å². The Labute approximate surface area is 155 Å². The molecular formula is C18H20ClN3O4. The first-order valence-electron chi connectivity index (χ1n) is 8.28. The number of carbonyl (C=O) groups excluding carboxylic acids is 1. The van der Waals surface area contributed by atoms with Crippen LogP contribution in [0.5, 0.6) is 5.75 Å². The molecule has 2 aromatic heterocycles. The number of aromatic nitrogens is 2. The lowest BCUT2D eigenvalue weighted by molar-refractivity contribution is -0.129. The highest BCUT2D eigenvalue weighted by molar-refractivity contribution is 6.32. The van der Waals surface area contributed by atoms with Crippen LogP contribution >= 0.6 is 11.6 Å². The molecule has 1 aromatic carbocycles. The summed E-state index contributed by atoms with van der Waals surface area (Å²) in [7, 11) is 0. The second kappa shape index (κ2) is 7.80. The highest BCUT2D eigenvalue weighted by Gasteiger charge is 2.13. The Morgan fingerprint density at radius 1 is 1.42 bits per heavy atom. The minimum Gasteiger partial charge on any atom is -0.484 e. The van der Waals surface area contributed by atoms with Gasteiger partial charge in [-0.2, -0.15) is 0 Å². The van der Waals surface area contributed by atoms with Crippen LogP contribution < -0.4 is 10.1 Å². The summed E-state index contributed by atoms with van der Waals surface area (Å²) in [5.41, 5.74) is 2.42. The molecule has 0 radical (unpaired) electrons. The number of ether oxygens (including phenoxy) is 1. The summed E-state index contributed by atoms with van der Waals surface area (Å²) in [5.74, 6) is 0.741. The van der Waals surface area contributed by atoms with Crippen LogP contribution in [0.15, 0.2) is 28.8 Å². The topological polar surface area (TPSA) is 100 Å². The van der Waals surface area contributed by atoms with Gasteiger partial charge in [0.15, 0.2) is 5.76 Å². The van der Waals surface area contributed by atoms with Crippen LogP contribution in [0.3, 0.4) is 0 Å². The molecule has 8 heteroatoms. The second-order valence-electron chi connectivity index (χ2n) is 6.03. The Balaban J connectivity index is 1.70. The summed E-state index contributed by atoms with van der Waals surface area (Å²) in [6, 6.07) is 7.28. The first-order valence-corrected chi connectivity index (χ1v) is 8.66. The molecule has 1 amide bonds. The van der Waals surface area contributed by atoms with Crippen molar-refractivity contribution in [3.63, 3.8) is 0 Å². The van der Waals surface area contributed by atoms with Gasteiger partial charge >= 0.3 is 0 Å². The molecule has 1 atom stereocenters. The highest BCUT2D eigenvalue weighted by Crippen LogP contribution is 2.31. The van der Waals surface area contributed by atoms with Crippen molar-refractivity contribution in [1.82, 2.24) is 15.5 Å². The Morgan fingerprint density at radius 2 is 2.23 bits per heavy atom. The van der Waals surface area contributed by atoms with Crippen molar-refractivity contribution in [2.45, 2.75) is 39.5 Å². The smallest absolute Gasteiger partial charge is 0.249 e. The molecule has 3 aromatic rings. The number of aryl methyl sites for hydroxylation is 1. The quantitative estimate of drug-likeness (QED) is 0.587. The molecule has 0 spiro atoms. The number of hydrogen-bond donors (Lipinski definition) is 3. The van der Waals surface area contributed by atoms with Gasteiger partial charge in [0, 0.05) is 28.7 Å². The average molecular weight is 378 g/mol. The maximum Gasteiger partial charge on any atom is 0.249 e. The fraction of sp³-hybridized carbons (Fsp3) is 0.333. The predicted octanol–water partition coefficient (Wildman–Crippen LogP) is 3.08. The fourth-order valence-electron chi connectivity index (χ4n) is 2.52. The van der Waals surface area contributed by atoms with Gasteiger partial charge in [-0.05, 0) is 25.5 Å². The van der Waals surface area contributed by atoms with E-state index in [1.807, 2.05) is 13.0 Å². The van der Waals surface area contributed by atoms with Crippen molar-refractivity contribution in [3.8, 4) is 5.75 Å². The lowest BCUT2D eigenvalue weighted by Gasteiger charge is -2.07. The van der Waals surface area contributed by atoms with Crippen LogP contribution in [0.2, 0.25) is 5.02 Å². The van der Waals surface area contributed by atoms with Gasteiger partial charge < -0.3 is 24.7 Å². The number of hydrogen-bond acceptors (Lipinski definition) is 5. The van der Waals surface area contributed by atoms with E-state index in [1.54, 1.807) is 25.1 Å². The third kappa shape index (κ3) is 4.17. The second-order valence-corrected chi connectivity index (χ2v) is 6.44. The number of aliphatic hydroxyl groups excluding tert-OH is 1. The number of aromatic amines is 1. The molecular weight excluding hydrogens is 358 g/mol. The van der Waals surface area contributed by atoms with E-state index in [0.29, 0.717) is 23.0 Å². The molecule has 2 heterocycles. The molecule has 0 saturated heterocycles. The van der Waals surface area contributed by atoms with Crippen molar-refractivity contribution in [1.29, 1.82) is 0 Å². The Hall–Kier alpha value is -2.51. The van der Waals surface area contributed by atoms with Gasteiger partial charge in [0.05, 0.1) is 17.3 Å². The van der Waals surface area contributed by atoms with E-state index in [0.717, 1.165) is 22.3 Å². The number of halogens is 1. The van der Waals surface area contributed by atoms with Crippen LogP contribution in [0.25, 0.3) is 10.9 Å². The number of fused-ring (bicyclic) bond motifs is 1. The van der Waals surface area contributed by atoms with Gasteiger partial charge in [-0.3, -0.25) is 4.79 Å². The van der Waals surface area contributed by atoms with Crippen LogP contribution in [0, 0.1) is 6.92 Å². The van der Waals surface area contributed by atoms with Crippen molar-refractivity contribution >= 4 is 28.4 Å². The lowest BCUT2D eigenvalue weighted by atomic mass is 10.2. The van der Waals surface area contributed by atoms with E-state index >= 15 is 0 Å². The molecule has 26 heavy (non-hydrogen) atoms. The zero-order chi connectivity index (χ0) is 18.7. The van der Waals surface area contributed by atoms with Crippen molar-refractivity contribution in [2.75, 3.05) is 0 Å². The Bertz CT molecular complexity index is 918. The molecule has 0 fully saturated rings. The zero-order valence-electron chi connectivity index (χ0n) is 14.5. The SMILES string of the molecule is CCC(O)C(=O)NCc1cc2cc(Cl)c(OCc3cc(C)no3)cc2[nH]1. The summed E-state index contributed by atoms with van der Waals surface area (Å²) in [4.78, 5) is 14.9. The first-order chi connectivity index (χ1) is 12.5. The van der Waals surface area contributed by atoms with Crippen molar-refractivity contribution < 1.29 is 19.2 Å². The molecule has 0 saturated carbocycles. The van der Waals surface area contributed by atoms with Crippen molar-refractivity contribution in [2.24, 2.45) is 0 Å². The van der Waals surface area contributed by atoms with E-state index in [9.17, 15) is 9.90 Å². The summed E-state index contributed by atoms with van der Waals surface area (Å²) in [5, 5.41) is 17.4. The van der Waals surface area contributed by atoms with Gasteiger partial charge in [0.1, 0.15) is 18.5 Å². The Morgan fingerprint density at radius 3 is 2.92 bits per heavy atom. The monoisotopic (exact) mass is 377 g/mol. The predicted molar refractivity (Wildman–Crippen MR) is 97.0 cm³/mol. The molecule has 1 unspecified atom stereocenters. The normalized spacial score (nSPS) is 12.3. The van der Waals surface area contributed by atoms with E-state index in [2.05, 4.69) is 15.5 Å². The standard InChI is InChI=1S/C18H20ClN3O4/c1-3-16(23)18(24)20-8-12-5-11-6-14(19)17(7-15(11)21-12)25-9-13-4-10(2)22-26-13/h4-7,16,21,23H,3,8-9H2,1-2H3,(H,20,24). The number of nitrogens with one attached hydrogen (secondary N) is 2. The molecule has 3 N–H and O–H groups in total. The molecule has 0 aliphatic carbocycles. The van der Waals surface area contributed by atoms with E-state index in [-0.39, 0.29) is 13.2 Å². The third-order valence-electron chi connectivity index (χ3n) is 3.92. The maximum atomic E-state index is 11.7. The number of aliphatic hydroxyl groups is 1. The van der Waals surface area contributed by atoms with Gasteiger partial charge in [0.2, 0.25) is 5.91 Å². The minimum absolute atomic E-state index is 0.227. The molecule has 0 bridgehead atoms. The van der Waals surface area contributed by atoms with Crippen LogP contribution in [-0.4, -0.2) is 27.3 Å². The van der Waals surface area contributed by atoms with Gasteiger partial charge in [-0.1, -0.05) is 23.7 Å². The summed E-state index contributed by atoms with van der Waals surface area (Å²) < 4.78 is 10.8. The molecule has 3 rings (SSSR count). The fourth-order valence-corrected chi connectivity index (χ4v) is 2.74. The van der Waals surface area contributed by atoms with Crippen LogP contribution in [0.1, 0.15) is 30.5 Å². The maximum absolute atomic E-state index is 11.7. The van der Waals surface area contributed by atoms with Gasteiger partial charge in [-0.25, -0.2) is 0 Å². The Kier molecular flexibility index (Phi) is 5.49. The number of carbonyl (C=O) groups is 1. The van der Waals surface area contributed by atoms with Crippen molar-refractivity contribution in [3.05, 3.63) is 46.4 Å². The first kappa shape index (κ1) is 18.3. The number of nitrogens with zero attached hydrogens (tertiary/aromatic N) is 1. The summed E-state index contributed by atoms with van der Waals surface area (Å²) in [6.45, 7) is 4.10. The number of H-pyrrole nitrogens is 1. The third-order valence-corrected chi connectivity index (χ3v) is 4.21. The number of benzene rings is 1. The highest BCUT2D eigenvalue weighted by atomic mass is 35.5. The zero-order valence-corrected chi connectivity index (χ0v) is 15.3. The summed E-state index contributed by atoms with van der Waals surface area (Å²) in [6.07, 6.45) is -0.618.